The van der Waals surface area contributed by atoms with Crippen LogP contribution in [-0.2, 0) is 16.6 Å². The molecule has 0 bridgehead atoms. The van der Waals surface area contributed by atoms with Crippen LogP contribution in [-0.4, -0.2) is 20.4 Å². The molecule has 0 aliphatic rings. The Bertz CT molecular complexity index is 674. The van der Waals surface area contributed by atoms with Crippen LogP contribution in [0.5, 0.6) is 0 Å². The number of hydrogen-bond acceptors (Lipinski definition) is 6. The fourth-order valence-electron chi connectivity index (χ4n) is 1.54. The Labute approximate surface area is 127 Å². The van der Waals surface area contributed by atoms with Gasteiger partial charge in [0.1, 0.15) is 4.21 Å². The molecular weight excluding hydrogens is 314 g/mol. The Morgan fingerprint density at radius 2 is 2.10 bits per heavy atom. The number of anilines is 1. The molecule has 0 amide bonds. The van der Waals surface area contributed by atoms with Gasteiger partial charge in [0.25, 0.3) is 10.0 Å². The Hall–Kier alpha value is -0.960. The average molecular weight is 331 g/mol. The Morgan fingerprint density at radius 1 is 1.35 bits per heavy atom. The van der Waals surface area contributed by atoms with Crippen LogP contribution in [0.4, 0.5) is 5.13 Å². The summed E-state index contributed by atoms with van der Waals surface area (Å²) in [7, 11) is -1.71. The SMILES string of the molecule is CNCc1ccc(S(=O)(=O)Nc2nc(C(C)C)cs2)s1. The summed E-state index contributed by atoms with van der Waals surface area (Å²) in [5.41, 5.74) is 0.898. The van der Waals surface area contributed by atoms with E-state index in [0.29, 0.717) is 15.9 Å². The summed E-state index contributed by atoms with van der Waals surface area (Å²) in [5.74, 6) is 0.286. The van der Waals surface area contributed by atoms with Crippen LogP contribution in [0.15, 0.2) is 21.7 Å². The number of thiazole rings is 1. The van der Waals surface area contributed by atoms with E-state index in [1.54, 1.807) is 6.07 Å². The highest BCUT2D eigenvalue weighted by Crippen LogP contribution is 2.27. The molecule has 2 heterocycles. The molecule has 8 heteroatoms. The highest BCUT2D eigenvalue weighted by molar-refractivity contribution is 7.94. The van der Waals surface area contributed by atoms with Gasteiger partial charge in [0.05, 0.1) is 5.69 Å². The van der Waals surface area contributed by atoms with E-state index in [4.69, 9.17) is 0 Å². The number of hydrogen-bond donors (Lipinski definition) is 2. The lowest BCUT2D eigenvalue weighted by Gasteiger charge is -2.02. The fourth-order valence-corrected chi connectivity index (χ4v) is 5.03. The monoisotopic (exact) mass is 331 g/mol. The maximum atomic E-state index is 12.2. The summed E-state index contributed by atoms with van der Waals surface area (Å²) in [5, 5.41) is 5.29. The van der Waals surface area contributed by atoms with E-state index in [1.807, 2.05) is 32.3 Å². The highest BCUT2D eigenvalue weighted by Gasteiger charge is 2.19. The molecule has 2 rings (SSSR count). The zero-order chi connectivity index (χ0) is 14.8. The van der Waals surface area contributed by atoms with Crippen molar-refractivity contribution in [3.63, 3.8) is 0 Å². The zero-order valence-corrected chi connectivity index (χ0v) is 14.0. The van der Waals surface area contributed by atoms with Crippen LogP contribution < -0.4 is 10.0 Å². The van der Waals surface area contributed by atoms with E-state index in [9.17, 15) is 8.42 Å². The fraction of sp³-hybridized carbons (Fsp3) is 0.417. The third kappa shape index (κ3) is 3.57. The van der Waals surface area contributed by atoms with Gasteiger partial charge in [-0.2, -0.15) is 0 Å². The molecule has 0 saturated carbocycles. The Balaban J connectivity index is 2.16. The van der Waals surface area contributed by atoms with Gasteiger partial charge < -0.3 is 5.32 Å². The van der Waals surface area contributed by atoms with Crippen molar-refractivity contribution in [2.75, 3.05) is 11.8 Å². The molecule has 0 unspecified atom stereocenters. The molecule has 110 valence electrons. The smallest absolute Gasteiger partial charge is 0.273 e. The van der Waals surface area contributed by atoms with Crippen molar-refractivity contribution < 1.29 is 8.42 Å². The molecule has 0 spiro atoms. The maximum Gasteiger partial charge on any atom is 0.273 e. The number of nitrogens with one attached hydrogen (secondary N) is 2. The molecule has 0 aliphatic carbocycles. The number of sulfonamides is 1. The molecule has 0 aromatic carbocycles. The Morgan fingerprint density at radius 3 is 2.70 bits per heavy atom. The van der Waals surface area contributed by atoms with Gasteiger partial charge in [0.15, 0.2) is 5.13 Å². The van der Waals surface area contributed by atoms with Crippen LogP contribution in [0.3, 0.4) is 0 Å². The lowest BCUT2D eigenvalue weighted by molar-refractivity contribution is 0.603. The molecule has 2 aromatic rings. The second-order valence-electron chi connectivity index (χ2n) is 4.59. The van der Waals surface area contributed by atoms with Gasteiger partial charge in [0, 0.05) is 16.8 Å². The van der Waals surface area contributed by atoms with Crippen LogP contribution in [0.2, 0.25) is 0 Å². The normalized spacial score (nSPS) is 12.0. The molecule has 0 fully saturated rings. The van der Waals surface area contributed by atoms with Gasteiger partial charge in [-0.05, 0) is 25.1 Å². The predicted molar refractivity (Wildman–Crippen MR) is 84.1 cm³/mol. The first kappa shape index (κ1) is 15.4. The molecule has 0 saturated heterocycles. The predicted octanol–water partition coefficient (Wildman–Crippen LogP) is 2.85. The second-order valence-corrected chi connectivity index (χ2v) is 8.52. The standard InChI is InChI=1S/C12H17N3O2S3/c1-8(2)10-7-18-12(14-10)15-20(16,17)11-5-4-9(19-11)6-13-3/h4-5,7-8,13H,6H2,1-3H3,(H,14,15). The van der Waals surface area contributed by atoms with Crippen molar-refractivity contribution in [1.82, 2.24) is 10.3 Å². The quantitative estimate of drug-likeness (QED) is 0.854. The van der Waals surface area contributed by atoms with Gasteiger partial charge >= 0.3 is 0 Å². The first-order chi connectivity index (χ1) is 9.42. The molecule has 5 nitrogen and oxygen atoms in total. The van der Waals surface area contributed by atoms with E-state index in [1.165, 1.54) is 22.7 Å². The van der Waals surface area contributed by atoms with Crippen LogP contribution >= 0.6 is 22.7 Å². The number of aromatic nitrogens is 1. The molecular formula is C12H17N3O2S3. The van der Waals surface area contributed by atoms with Gasteiger partial charge in [-0.1, -0.05) is 13.8 Å². The van der Waals surface area contributed by atoms with Gasteiger partial charge in [-0.15, -0.1) is 22.7 Å². The van der Waals surface area contributed by atoms with E-state index < -0.39 is 10.0 Å². The lowest BCUT2D eigenvalue weighted by Crippen LogP contribution is -2.11. The lowest BCUT2D eigenvalue weighted by atomic mass is 10.2. The van der Waals surface area contributed by atoms with Crippen LogP contribution in [0, 0.1) is 0 Å². The molecule has 2 aromatic heterocycles. The second kappa shape index (κ2) is 6.21. The van der Waals surface area contributed by atoms with Crippen molar-refractivity contribution in [2.24, 2.45) is 0 Å². The average Bonchev–Trinajstić information content (AvgIpc) is 2.98. The minimum absolute atomic E-state index is 0.286. The van der Waals surface area contributed by atoms with Gasteiger partial charge in [-0.3, -0.25) is 4.72 Å². The summed E-state index contributed by atoms with van der Waals surface area (Å²) in [6.45, 7) is 4.71. The number of rotatable bonds is 6. The third-order valence-electron chi connectivity index (χ3n) is 2.59. The summed E-state index contributed by atoms with van der Waals surface area (Å²) in [6, 6.07) is 3.44. The molecule has 2 N–H and O–H groups in total. The third-order valence-corrected chi connectivity index (χ3v) is 6.41. The van der Waals surface area contributed by atoms with E-state index in [-0.39, 0.29) is 5.92 Å². The van der Waals surface area contributed by atoms with Crippen molar-refractivity contribution in [3.05, 3.63) is 28.1 Å². The highest BCUT2D eigenvalue weighted by atomic mass is 32.2. The van der Waals surface area contributed by atoms with Crippen LogP contribution in [0.1, 0.15) is 30.3 Å². The minimum Gasteiger partial charge on any atom is -0.315 e. The minimum atomic E-state index is -3.53. The number of thiophene rings is 1. The maximum absolute atomic E-state index is 12.2. The molecule has 0 atom stereocenters. The van der Waals surface area contributed by atoms with E-state index in [0.717, 1.165) is 10.6 Å². The van der Waals surface area contributed by atoms with E-state index in [2.05, 4.69) is 15.0 Å². The van der Waals surface area contributed by atoms with Crippen molar-refractivity contribution in [3.8, 4) is 0 Å². The van der Waals surface area contributed by atoms with Crippen LogP contribution in [0.25, 0.3) is 0 Å². The van der Waals surface area contributed by atoms with E-state index >= 15 is 0 Å². The van der Waals surface area contributed by atoms with Crippen molar-refractivity contribution in [1.29, 1.82) is 0 Å². The topological polar surface area (TPSA) is 71.1 Å². The Kier molecular flexibility index (Phi) is 4.79. The summed E-state index contributed by atoms with van der Waals surface area (Å²) < 4.78 is 27.3. The van der Waals surface area contributed by atoms with Gasteiger partial charge in [-0.25, -0.2) is 13.4 Å². The summed E-state index contributed by atoms with van der Waals surface area (Å²) in [6.07, 6.45) is 0. The summed E-state index contributed by atoms with van der Waals surface area (Å²) in [4.78, 5) is 5.27. The van der Waals surface area contributed by atoms with Gasteiger partial charge in [0.2, 0.25) is 0 Å². The first-order valence-corrected chi connectivity index (χ1v) is 9.32. The zero-order valence-electron chi connectivity index (χ0n) is 11.5. The largest absolute Gasteiger partial charge is 0.315 e. The molecule has 20 heavy (non-hydrogen) atoms. The summed E-state index contributed by atoms with van der Waals surface area (Å²) >= 11 is 2.57. The number of nitrogens with zero attached hydrogens (tertiary/aromatic N) is 1. The molecule has 0 aliphatic heterocycles. The molecule has 0 radical (unpaired) electrons. The first-order valence-electron chi connectivity index (χ1n) is 6.14. The van der Waals surface area contributed by atoms with Crippen molar-refractivity contribution >= 4 is 37.8 Å². The van der Waals surface area contributed by atoms with Crippen molar-refractivity contribution in [2.45, 2.75) is 30.5 Å².